The van der Waals surface area contributed by atoms with Gasteiger partial charge in [-0.3, -0.25) is 0 Å². The normalized spacial score (nSPS) is 17.7. The van der Waals surface area contributed by atoms with Crippen LogP contribution in [0.3, 0.4) is 0 Å². The molecule has 0 aliphatic heterocycles. The minimum atomic E-state index is 1.09. The molecule has 1 rings (SSSR count). The predicted molar refractivity (Wildman–Crippen MR) is 53.7 cm³/mol. The standard InChI is InChI=1S/C8H16IN/c9-5-1-6-10-7-4-8-2-3-8/h8,10H,1-7H2. The van der Waals surface area contributed by atoms with Crippen molar-refractivity contribution >= 4 is 22.6 Å². The molecule has 0 atom stereocenters. The van der Waals surface area contributed by atoms with E-state index < -0.39 is 0 Å². The second-order valence-corrected chi connectivity index (χ2v) is 4.10. The van der Waals surface area contributed by atoms with Crippen LogP contribution in [-0.2, 0) is 0 Å². The third kappa shape index (κ3) is 4.50. The van der Waals surface area contributed by atoms with E-state index in [-0.39, 0.29) is 0 Å². The van der Waals surface area contributed by atoms with Crippen LogP contribution in [0.25, 0.3) is 0 Å². The van der Waals surface area contributed by atoms with Gasteiger partial charge < -0.3 is 5.32 Å². The van der Waals surface area contributed by atoms with Gasteiger partial charge in [0.25, 0.3) is 0 Å². The second-order valence-electron chi connectivity index (χ2n) is 3.02. The van der Waals surface area contributed by atoms with Crippen LogP contribution in [0.4, 0.5) is 0 Å². The minimum Gasteiger partial charge on any atom is -0.317 e. The van der Waals surface area contributed by atoms with E-state index in [0.29, 0.717) is 0 Å². The number of hydrogen-bond acceptors (Lipinski definition) is 1. The molecule has 0 radical (unpaired) electrons. The topological polar surface area (TPSA) is 12.0 Å². The lowest BCUT2D eigenvalue weighted by Crippen LogP contribution is -2.17. The zero-order valence-corrected chi connectivity index (χ0v) is 8.56. The van der Waals surface area contributed by atoms with E-state index in [1.54, 1.807) is 0 Å². The van der Waals surface area contributed by atoms with Crippen LogP contribution in [-0.4, -0.2) is 17.5 Å². The fraction of sp³-hybridized carbons (Fsp3) is 1.00. The number of halogens is 1. The van der Waals surface area contributed by atoms with Gasteiger partial charge in [0.1, 0.15) is 0 Å². The Bertz CT molecular complexity index is 81.3. The van der Waals surface area contributed by atoms with Crippen molar-refractivity contribution in [3.8, 4) is 0 Å². The maximum atomic E-state index is 3.45. The van der Waals surface area contributed by atoms with Crippen molar-refractivity contribution in [3.05, 3.63) is 0 Å². The van der Waals surface area contributed by atoms with E-state index in [2.05, 4.69) is 27.9 Å². The zero-order chi connectivity index (χ0) is 7.23. The van der Waals surface area contributed by atoms with Gasteiger partial charge in [-0.1, -0.05) is 35.4 Å². The Morgan fingerprint density at radius 3 is 2.70 bits per heavy atom. The number of nitrogens with one attached hydrogen (secondary N) is 1. The van der Waals surface area contributed by atoms with Crippen LogP contribution in [0.2, 0.25) is 0 Å². The highest BCUT2D eigenvalue weighted by atomic mass is 127. The Hall–Kier alpha value is 0.690. The van der Waals surface area contributed by atoms with Gasteiger partial charge in [0.2, 0.25) is 0 Å². The monoisotopic (exact) mass is 253 g/mol. The molecule has 10 heavy (non-hydrogen) atoms. The first-order valence-corrected chi connectivity index (χ1v) is 5.72. The molecule has 1 N–H and O–H groups in total. The maximum absolute atomic E-state index is 3.45. The molecule has 0 amide bonds. The number of alkyl halides is 1. The highest BCUT2D eigenvalue weighted by Gasteiger charge is 2.19. The Morgan fingerprint density at radius 1 is 1.30 bits per heavy atom. The quantitative estimate of drug-likeness (QED) is 0.434. The summed E-state index contributed by atoms with van der Waals surface area (Å²) < 4.78 is 1.29. The average Bonchev–Trinajstić information content (AvgIpc) is 2.71. The number of hydrogen-bond donors (Lipinski definition) is 1. The van der Waals surface area contributed by atoms with Gasteiger partial charge >= 0.3 is 0 Å². The van der Waals surface area contributed by atoms with Crippen LogP contribution in [0, 0.1) is 5.92 Å². The summed E-state index contributed by atoms with van der Waals surface area (Å²) in [6.45, 7) is 2.47. The molecule has 1 fully saturated rings. The van der Waals surface area contributed by atoms with Crippen molar-refractivity contribution in [2.45, 2.75) is 25.7 Å². The van der Waals surface area contributed by atoms with Gasteiger partial charge in [-0.15, -0.1) is 0 Å². The van der Waals surface area contributed by atoms with Crippen molar-refractivity contribution in [3.63, 3.8) is 0 Å². The first kappa shape index (κ1) is 8.78. The predicted octanol–water partition coefficient (Wildman–Crippen LogP) is 2.20. The maximum Gasteiger partial charge on any atom is 0.000735 e. The highest BCUT2D eigenvalue weighted by Crippen LogP contribution is 2.31. The minimum absolute atomic E-state index is 1.09. The van der Waals surface area contributed by atoms with Gasteiger partial charge in [0.05, 0.1) is 0 Å². The third-order valence-electron chi connectivity index (χ3n) is 1.91. The lowest BCUT2D eigenvalue weighted by atomic mass is 10.3. The summed E-state index contributed by atoms with van der Waals surface area (Å²) in [5, 5.41) is 3.45. The van der Waals surface area contributed by atoms with Gasteiger partial charge in [-0.2, -0.15) is 0 Å². The largest absolute Gasteiger partial charge is 0.317 e. The lowest BCUT2D eigenvalue weighted by Gasteiger charge is -2.00. The average molecular weight is 253 g/mol. The molecule has 0 saturated heterocycles. The molecule has 1 aliphatic rings. The Kier molecular flexibility index (Phi) is 4.70. The van der Waals surface area contributed by atoms with E-state index in [9.17, 15) is 0 Å². The van der Waals surface area contributed by atoms with Crippen molar-refractivity contribution in [2.24, 2.45) is 5.92 Å². The molecule has 0 aromatic rings. The summed E-state index contributed by atoms with van der Waals surface area (Å²) >= 11 is 2.42. The summed E-state index contributed by atoms with van der Waals surface area (Å²) in [6.07, 6.45) is 5.73. The summed E-state index contributed by atoms with van der Waals surface area (Å²) in [7, 11) is 0. The molecule has 1 nitrogen and oxygen atoms in total. The van der Waals surface area contributed by atoms with Crippen LogP contribution in [0.15, 0.2) is 0 Å². The molecule has 0 bridgehead atoms. The molecule has 0 spiro atoms. The van der Waals surface area contributed by atoms with Gasteiger partial charge in [0.15, 0.2) is 0 Å². The first-order valence-electron chi connectivity index (χ1n) is 4.20. The molecule has 1 aliphatic carbocycles. The molecule has 2 heteroatoms. The fourth-order valence-corrected chi connectivity index (χ4v) is 1.41. The highest BCUT2D eigenvalue weighted by molar-refractivity contribution is 14.1. The van der Waals surface area contributed by atoms with Crippen LogP contribution in [0.5, 0.6) is 0 Å². The fourth-order valence-electron chi connectivity index (χ4n) is 1.03. The van der Waals surface area contributed by atoms with Crippen molar-refractivity contribution in [1.82, 2.24) is 5.32 Å². The summed E-state index contributed by atoms with van der Waals surface area (Å²) in [5.74, 6) is 1.09. The second kappa shape index (κ2) is 5.35. The summed E-state index contributed by atoms with van der Waals surface area (Å²) in [4.78, 5) is 0. The lowest BCUT2D eigenvalue weighted by molar-refractivity contribution is 0.610. The Morgan fingerprint density at radius 2 is 2.10 bits per heavy atom. The number of rotatable bonds is 6. The van der Waals surface area contributed by atoms with Crippen LogP contribution in [0.1, 0.15) is 25.7 Å². The molecule has 0 aromatic carbocycles. The molecule has 1 saturated carbocycles. The van der Waals surface area contributed by atoms with Crippen molar-refractivity contribution in [2.75, 3.05) is 17.5 Å². The van der Waals surface area contributed by atoms with Gasteiger partial charge in [-0.25, -0.2) is 0 Å². The molecule has 0 unspecified atom stereocenters. The van der Waals surface area contributed by atoms with Crippen molar-refractivity contribution < 1.29 is 0 Å². The zero-order valence-electron chi connectivity index (χ0n) is 6.41. The van der Waals surface area contributed by atoms with Crippen molar-refractivity contribution in [1.29, 1.82) is 0 Å². The molecule has 60 valence electrons. The van der Waals surface area contributed by atoms with Gasteiger partial charge in [-0.05, 0) is 31.8 Å². The molecular formula is C8H16IN. The smallest absolute Gasteiger partial charge is 0.000735 e. The van der Waals surface area contributed by atoms with E-state index in [1.165, 1.54) is 43.2 Å². The molecule has 0 aromatic heterocycles. The van der Waals surface area contributed by atoms with E-state index in [4.69, 9.17) is 0 Å². The SMILES string of the molecule is ICCCNCCC1CC1. The molecular weight excluding hydrogens is 237 g/mol. The Labute approximate surface area is 77.1 Å². The summed E-state index contributed by atoms with van der Waals surface area (Å²) in [6, 6.07) is 0. The summed E-state index contributed by atoms with van der Waals surface area (Å²) in [5.41, 5.74) is 0. The van der Waals surface area contributed by atoms with E-state index >= 15 is 0 Å². The molecule has 0 heterocycles. The van der Waals surface area contributed by atoms with Gasteiger partial charge in [0, 0.05) is 4.43 Å². The first-order chi connectivity index (χ1) is 4.93. The Balaban J connectivity index is 1.68. The van der Waals surface area contributed by atoms with E-state index in [0.717, 1.165) is 5.92 Å². The third-order valence-corrected chi connectivity index (χ3v) is 2.68. The van der Waals surface area contributed by atoms with Crippen LogP contribution >= 0.6 is 22.6 Å². The van der Waals surface area contributed by atoms with E-state index in [1.807, 2.05) is 0 Å². The van der Waals surface area contributed by atoms with Crippen LogP contribution < -0.4 is 5.32 Å².